The highest BCUT2D eigenvalue weighted by atomic mass is 16.5. The summed E-state index contributed by atoms with van der Waals surface area (Å²) in [4.78, 5) is 23.2. The summed E-state index contributed by atoms with van der Waals surface area (Å²) in [6, 6.07) is 12.8. The molecule has 2 rings (SSSR count). The quantitative estimate of drug-likeness (QED) is 0.753. The molecule has 0 aliphatic heterocycles. The average Bonchev–Trinajstić information content (AvgIpc) is 2.57. The Morgan fingerprint density at radius 1 is 1.00 bits per heavy atom. The zero-order valence-electron chi connectivity index (χ0n) is 14.7. The Labute approximate surface area is 147 Å². The van der Waals surface area contributed by atoms with E-state index in [1.54, 1.807) is 6.92 Å². The van der Waals surface area contributed by atoms with Crippen LogP contribution in [0.5, 0.6) is 11.5 Å². The summed E-state index contributed by atoms with van der Waals surface area (Å²) in [6.45, 7) is 6.17. The van der Waals surface area contributed by atoms with Crippen LogP contribution in [0.3, 0.4) is 0 Å². The molecule has 2 aromatic carbocycles. The van der Waals surface area contributed by atoms with Crippen LogP contribution in [0.15, 0.2) is 42.5 Å². The molecule has 0 unspecified atom stereocenters. The van der Waals surface area contributed by atoms with Crippen molar-refractivity contribution in [3.8, 4) is 11.5 Å². The maximum Gasteiger partial charge on any atom is 0.321 e. The molecule has 0 saturated carbocycles. The van der Waals surface area contributed by atoms with Crippen LogP contribution in [-0.2, 0) is 4.79 Å². The van der Waals surface area contributed by atoms with Gasteiger partial charge in [-0.05, 0) is 44.0 Å². The van der Waals surface area contributed by atoms with E-state index in [4.69, 9.17) is 4.74 Å². The van der Waals surface area contributed by atoms with Gasteiger partial charge in [0.25, 0.3) is 0 Å². The minimum atomic E-state index is -0.505. The molecule has 0 aromatic heterocycles. The minimum absolute atomic E-state index is 0.0374. The number of hydrogen-bond donors (Lipinski definition) is 3. The van der Waals surface area contributed by atoms with Crippen molar-refractivity contribution in [1.82, 2.24) is 10.6 Å². The Kier molecular flexibility index (Phi) is 6.39. The zero-order valence-corrected chi connectivity index (χ0v) is 14.7. The van der Waals surface area contributed by atoms with Crippen molar-refractivity contribution in [3.05, 3.63) is 53.6 Å². The number of carbonyl (C=O) groups excluding carboxylic acids is 2. The van der Waals surface area contributed by atoms with Crippen LogP contribution >= 0.6 is 0 Å². The summed E-state index contributed by atoms with van der Waals surface area (Å²) in [5.74, 6) is 0.988. The average molecular weight is 341 g/mol. The van der Waals surface area contributed by atoms with Crippen LogP contribution in [0.4, 0.5) is 10.5 Å². The Balaban J connectivity index is 2.06. The number of imide groups is 1. The van der Waals surface area contributed by atoms with E-state index in [0.717, 1.165) is 16.9 Å². The van der Waals surface area contributed by atoms with Gasteiger partial charge in [0.2, 0.25) is 5.91 Å². The number of aryl methyl sites for hydroxylation is 2. The smallest absolute Gasteiger partial charge is 0.321 e. The first-order valence-corrected chi connectivity index (χ1v) is 8.16. The molecule has 2 aromatic rings. The fraction of sp³-hybridized carbons (Fsp3) is 0.263. The van der Waals surface area contributed by atoms with Crippen molar-refractivity contribution in [2.24, 2.45) is 0 Å². The second-order valence-electron chi connectivity index (χ2n) is 5.58. The number of amides is 3. The summed E-state index contributed by atoms with van der Waals surface area (Å²) in [6.07, 6.45) is 0. The van der Waals surface area contributed by atoms with E-state index in [1.165, 1.54) is 0 Å². The Hall–Kier alpha value is -3.02. The van der Waals surface area contributed by atoms with Crippen LogP contribution in [0.1, 0.15) is 18.1 Å². The third kappa shape index (κ3) is 5.24. The van der Waals surface area contributed by atoms with Crippen molar-refractivity contribution in [1.29, 1.82) is 0 Å². The number of ether oxygens (including phenoxy) is 1. The highest BCUT2D eigenvalue weighted by molar-refractivity contribution is 5.96. The normalized spacial score (nSPS) is 10.0. The molecular weight excluding hydrogens is 318 g/mol. The van der Waals surface area contributed by atoms with Gasteiger partial charge in [-0.1, -0.05) is 30.3 Å². The molecule has 3 amide bonds. The fourth-order valence-electron chi connectivity index (χ4n) is 2.32. The van der Waals surface area contributed by atoms with Gasteiger partial charge >= 0.3 is 6.03 Å². The molecule has 0 aliphatic rings. The molecule has 132 valence electrons. The molecule has 0 atom stereocenters. The third-order valence-corrected chi connectivity index (χ3v) is 3.54. The summed E-state index contributed by atoms with van der Waals surface area (Å²) in [5, 5.41) is 7.76. The van der Waals surface area contributed by atoms with Gasteiger partial charge in [0, 0.05) is 6.54 Å². The fourth-order valence-corrected chi connectivity index (χ4v) is 2.32. The van der Waals surface area contributed by atoms with Gasteiger partial charge in [-0.15, -0.1) is 0 Å². The van der Waals surface area contributed by atoms with Gasteiger partial charge in [0.15, 0.2) is 5.75 Å². The third-order valence-electron chi connectivity index (χ3n) is 3.54. The van der Waals surface area contributed by atoms with E-state index >= 15 is 0 Å². The minimum Gasteiger partial charge on any atom is -0.455 e. The molecular formula is C19H23N3O3. The van der Waals surface area contributed by atoms with Crippen molar-refractivity contribution in [2.45, 2.75) is 20.8 Å². The molecule has 0 saturated heterocycles. The number of nitrogens with one attached hydrogen (secondary N) is 3. The molecule has 0 spiro atoms. The maximum atomic E-state index is 11.8. The van der Waals surface area contributed by atoms with Gasteiger partial charge in [-0.2, -0.15) is 0 Å². The lowest BCUT2D eigenvalue weighted by molar-refractivity contribution is -0.118. The molecule has 0 heterocycles. The van der Waals surface area contributed by atoms with Gasteiger partial charge in [-0.3, -0.25) is 10.1 Å². The van der Waals surface area contributed by atoms with Crippen LogP contribution in [0.25, 0.3) is 0 Å². The van der Waals surface area contributed by atoms with Gasteiger partial charge in [0.05, 0.1) is 12.2 Å². The number of anilines is 1. The molecule has 0 bridgehead atoms. The van der Waals surface area contributed by atoms with E-state index < -0.39 is 11.9 Å². The van der Waals surface area contributed by atoms with E-state index in [-0.39, 0.29) is 6.54 Å². The molecule has 0 aliphatic carbocycles. The van der Waals surface area contributed by atoms with E-state index in [2.05, 4.69) is 16.0 Å². The second-order valence-corrected chi connectivity index (χ2v) is 5.58. The lowest BCUT2D eigenvalue weighted by atomic mass is 10.1. The first-order valence-electron chi connectivity index (χ1n) is 8.16. The van der Waals surface area contributed by atoms with Gasteiger partial charge in [-0.25, -0.2) is 4.79 Å². The predicted octanol–water partition coefficient (Wildman–Crippen LogP) is 3.35. The molecule has 25 heavy (non-hydrogen) atoms. The van der Waals surface area contributed by atoms with Crippen molar-refractivity contribution >= 4 is 17.6 Å². The summed E-state index contributed by atoms with van der Waals surface area (Å²) in [7, 11) is 0. The molecule has 3 N–H and O–H groups in total. The van der Waals surface area contributed by atoms with Crippen LogP contribution in [0.2, 0.25) is 0 Å². The largest absolute Gasteiger partial charge is 0.455 e. The second kappa shape index (κ2) is 8.73. The summed E-state index contributed by atoms with van der Waals surface area (Å²) >= 11 is 0. The van der Waals surface area contributed by atoms with Crippen LogP contribution < -0.4 is 20.7 Å². The molecule has 6 nitrogen and oxygen atoms in total. The highest BCUT2D eigenvalue weighted by Gasteiger charge is 2.11. The predicted molar refractivity (Wildman–Crippen MR) is 98.1 cm³/mol. The topological polar surface area (TPSA) is 79.5 Å². The maximum absolute atomic E-state index is 11.8. The SMILES string of the molecule is CCNC(=O)NC(=O)CNc1ccccc1Oc1c(C)cccc1C. The first kappa shape index (κ1) is 18.3. The van der Waals surface area contributed by atoms with Crippen LogP contribution in [0, 0.1) is 13.8 Å². The lowest BCUT2D eigenvalue weighted by Crippen LogP contribution is -2.41. The first-order chi connectivity index (χ1) is 12.0. The number of hydrogen-bond acceptors (Lipinski definition) is 4. The molecule has 0 radical (unpaired) electrons. The van der Waals surface area contributed by atoms with Gasteiger partial charge < -0.3 is 15.4 Å². The summed E-state index contributed by atoms with van der Waals surface area (Å²) in [5.41, 5.74) is 2.74. The highest BCUT2D eigenvalue weighted by Crippen LogP contribution is 2.33. The lowest BCUT2D eigenvalue weighted by Gasteiger charge is -2.15. The number of benzene rings is 2. The molecule has 0 fully saturated rings. The van der Waals surface area contributed by atoms with E-state index in [0.29, 0.717) is 18.0 Å². The Morgan fingerprint density at radius 3 is 2.36 bits per heavy atom. The van der Waals surface area contributed by atoms with Gasteiger partial charge in [0.1, 0.15) is 5.75 Å². The number of urea groups is 1. The van der Waals surface area contributed by atoms with E-state index in [9.17, 15) is 9.59 Å². The van der Waals surface area contributed by atoms with E-state index in [1.807, 2.05) is 56.3 Å². The standard InChI is InChI=1S/C19H23N3O3/c1-4-20-19(24)22-17(23)12-21-15-10-5-6-11-16(15)25-18-13(2)8-7-9-14(18)3/h5-11,21H,4,12H2,1-3H3,(H2,20,22,23,24). The monoisotopic (exact) mass is 341 g/mol. The number of para-hydroxylation sites is 3. The van der Waals surface area contributed by atoms with Crippen molar-refractivity contribution in [3.63, 3.8) is 0 Å². The Morgan fingerprint density at radius 2 is 1.68 bits per heavy atom. The van der Waals surface area contributed by atoms with Crippen molar-refractivity contribution < 1.29 is 14.3 Å². The zero-order chi connectivity index (χ0) is 18.2. The summed E-state index contributed by atoms with van der Waals surface area (Å²) < 4.78 is 6.05. The van der Waals surface area contributed by atoms with Crippen molar-refractivity contribution in [2.75, 3.05) is 18.4 Å². The Bertz CT molecular complexity index is 739. The van der Waals surface area contributed by atoms with Crippen LogP contribution in [-0.4, -0.2) is 25.0 Å². The molecule has 6 heteroatoms. The number of rotatable bonds is 6. The number of carbonyl (C=O) groups is 2.